The van der Waals surface area contributed by atoms with Gasteiger partial charge in [0.25, 0.3) is 0 Å². The van der Waals surface area contributed by atoms with Gasteiger partial charge in [0, 0.05) is 5.88 Å². The van der Waals surface area contributed by atoms with Gasteiger partial charge in [0.2, 0.25) is 5.89 Å². The van der Waals surface area contributed by atoms with Crippen molar-refractivity contribution in [3.8, 4) is 0 Å². The van der Waals surface area contributed by atoms with E-state index >= 15 is 0 Å². The maximum absolute atomic E-state index is 5.75. The second-order valence-electron chi connectivity index (χ2n) is 3.78. The first-order valence-corrected chi connectivity index (χ1v) is 5.31. The Morgan fingerprint density at radius 3 is 2.87 bits per heavy atom. The van der Waals surface area contributed by atoms with E-state index in [4.69, 9.17) is 16.0 Å². The largest absolute Gasteiger partial charge is 0.439 e. The van der Waals surface area contributed by atoms with Crippen LogP contribution >= 0.6 is 11.6 Å². The number of hydrogen-bond donors (Lipinski definition) is 0. The summed E-state index contributed by atoms with van der Waals surface area (Å²) in [5.74, 6) is 1.24. The third kappa shape index (κ3) is 2.30. The number of rotatable bonds is 3. The molecule has 0 fully saturated rings. The fourth-order valence-corrected chi connectivity index (χ4v) is 1.61. The normalized spacial score (nSPS) is 11.5. The summed E-state index contributed by atoms with van der Waals surface area (Å²) in [5.41, 5.74) is 2.76. The molecule has 0 spiro atoms. The third-order valence-electron chi connectivity index (χ3n) is 2.10. The van der Waals surface area contributed by atoms with Gasteiger partial charge >= 0.3 is 0 Å². The van der Waals surface area contributed by atoms with Crippen LogP contribution in [0.2, 0.25) is 0 Å². The maximum atomic E-state index is 5.75. The molecule has 0 saturated carbocycles. The van der Waals surface area contributed by atoms with Crippen molar-refractivity contribution in [1.82, 2.24) is 9.88 Å². The van der Waals surface area contributed by atoms with Crippen molar-refractivity contribution in [2.45, 2.75) is 12.4 Å². The number of fused-ring (bicyclic) bond motifs is 1. The van der Waals surface area contributed by atoms with Crippen molar-refractivity contribution in [3.63, 3.8) is 0 Å². The zero-order chi connectivity index (χ0) is 10.8. The molecule has 0 unspecified atom stereocenters. The Hall–Kier alpha value is -1.06. The number of nitrogens with zero attached hydrogens (tertiary/aromatic N) is 2. The van der Waals surface area contributed by atoms with Crippen molar-refractivity contribution in [2.75, 3.05) is 14.1 Å². The summed E-state index contributed by atoms with van der Waals surface area (Å²) in [6.07, 6.45) is 0. The molecule has 1 heterocycles. The molecule has 4 heteroatoms. The molecule has 0 bridgehead atoms. The van der Waals surface area contributed by atoms with Crippen LogP contribution in [0.3, 0.4) is 0 Å². The highest BCUT2D eigenvalue weighted by atomic mass is 35.5. The van der Waals surface area contributed by atoms with Crippen LogP contribution < -0.4 is 0 Å². The van der Waals surface area contributed by atoms with Gasteiger partial charge in [0.15, 0.2) is 5.58 Å². The average Bonchev–Trinajstić information content (AvgIpc) is 2.57. The first-order valence-electron chi connectivity index (χ1n) is 4.78. The Balaban J connectivity index is 2.37. The topological polar surface area (TPSA) is 29.3 Å². The molecule has 0 saturated heterocycles. The van der Waals surface area contributed by atoms with Gasteiger partial charge in [0.1, 0.15) is 5.52 Å². The van der Waals surface area contributed by atoms with Gasteiger partial charge in [-0.25, -0.2) is 4.98 Å². The van der Waals surface area contributed by atoms with E-state index in [9.17, 15) is 0 Å². The molecule has 0 aliphatic heterocycles. The molecular formula is C11H13ClN2O. The third-order valence-corrected chi connectivity index (χ3v) is 2.41. The van der Waals surface area contributed by atoms with Gasteiger partial charge < -0.3 is 9.32 Å². The quantitative estimate of drug-likeness (QED) is 0.751. The Bertz CT molecular complexity index is 465. The van der Waals surface area contributed by atoms with Gasteiger partial charge in [-0.3, -0.25) is 0 Å². The fourth-order valence-electron chi connectivity index (χ4n) is 1.44. The monoisotopic (exact) mass is 224 g/mol. The number of benzene rings is 1. The summed E-state index contributed by atoms with van der Waals surface area (Å²) in [4.78, 5) is 6.42. The summed E-state index contributed by atoms with van der Waals surface area (Å²) in [7, 11) is 3.97. The molecule has 2 rings (SSSR count). The minimum absolute atomic E-state index is 0.506. The van der Waals surface area contributed by atoms with Gasteiger partial charge in [-0.1, -0.05) is 6.07 Å². The Labute approximate surface area is 93.6 Å². The highest BCUT2D eigenvalue weighted by molar-refractivity contribution is 6.17. The zero-order valence-corrected chi connectivity index (χ0v) is 9.58. The molecule has 2 aromatic rings. The number of oxazole rings is 1. The lowest BCUT2D eigenvalue weighted by atomic mass is 10.2. The van der Waals surface area contributed by atoms with Crippen LogP contribution in [0.4, 0.5) is 0 Å². The van der Waals surface area contributed by atoms with Crippen LogP contribution in [0.25, 0.3) is 11.1 Å². The SMILES string of the molecule is CN(C)Cc1nc2cc(CCl)ccc2o1. The van der Waals surface area contributed by atoms with Gasteiger partial charge in [-0.2, -0.15) is 0 Å². The highest BCUT2D eigenvalue weighted by Crippen LogP contribution is 2.18. The summed E-state index contributed by atoms with van der Waals surface area (Å²) < 4.78 is 5.58. The fraction of sp³-hybridized carbons (Fsp3) is 0.364. The van der Waals surface area contributed by atoms with E-state index in [0.717, 1.165) is 22.6 Å². The molecule has 0 atom stereocenters. The smallest absolute Gasteiger partial charge is 0.209 e. The minimum Gasteiger partial charge on any atom is -0.439 e. The average molecular weight is 225 g/mol. The van der Waals surface area contributed by atoms with Crippen LogP contribution in [-0.2, 0) is 12.4 Å². The second kappa shape index (κ2) is 4.21. The van der Waals surface area contributed by atoms with Crippen molar-refractivity contribution in [3.05, 3.63) is 29.7 Å². The molecular weight excluding hydrogens is 212 g/mol. The number of hydrogen-bond acceptors (Lipinski definition) is 3. The molecule has 1 aromatic carbocycles. The molecule has 80 valence electrons. The predicted octanol–water partition coefficient (Wildman–Crippen LogP) is 2.63. The van der Waals surface area contributed by atoms with Gasteiger partial charge in [0.05, 0.1) is 6.54 Å². The molecule has 0 aliphatic carbocycles. The Morgan fingerprint density at radius 1 is 1.40 bits per heavy atom. The van der Waals surface area contributed by atoms with Crippen molar-refractivity contribution in [1.29, 1.82) is 0 Å². The van der Waals surface area contributed by atoms with E-state index in [1.807, 2.05) is 37.2 Å². The summed E-state index contributed by atoms with van der Waals surface area (Å²) in [5, 5.41) is 0. The Kier molecular flexibility index (Phi) is 2.93. The molecule has 0 amide bonds. The van der Waals surface area contributed by atoms with Crippen LogP contribution in [0, 0.1) is 0 Å². The van der Waals surface area contributed by atoms with E-state index in [1.165, 1.54) is 0 Å². The van der Waals surface area contributed by atoms with Gasteiger partial charge in [-0.15, -0.1) is 11.6 Å². The van der Waals surface area contributed by atoms with Crippen LogP contribution in [0.1, 0.15) is 11.5 Å². The van der Waals surface area contributed by atoms with Crippen LogP contribution in [0.15, 0.2) is 22.6 Å². The molecule has 0 N–H and O–H groups in total. The van der Waals surface area contributed by atoms with Crippen molar-refractivity contribution >= 4 is 22.7 Å². The Morgan fingerprint density at radius 2 is 2.20 bits per heavy atom. The molecule has 0 aliphatic rings. The minimum atomic E-state index is 0.506. The summed E-state index contributed by atoms with van der Waals surface area (Å²) in [6, 6.07) is 5.84. The van der Waals surface area contributed by atoms with Crippen LogP contribution in [0.5, 0.6) is 0 Å². The number of alkyl halides is 1. The van der Waals surface area contributed by atoms with E-state index < -0.39 is 0 Å². The van der Waals surface area contributed by atoms with E-state index in [0.29, 0.717) is 12.4 Å². The number of aromatic nitrogens is 1. The number of halogens is 1. The molecule has 15 heavy (non-hydrogen) atoms. The summed E-state index contributed by atoms with van der Waals surface area (Å²) in [6.45, 7) is 0.713. The predicted molar refractivity (Wildman–Crippen MR) is 61.0 cm³/mol. The first kappa shape index (κ1) is 10.5. The lowest BCUT2D eigenvalue weighted by Gasteiger charge is -2.03. The van der Waals surface area contributed by atoms with E-state index in [-0.39, 0.29) is 0 Å². The standard InChI is InChI=1S/C11H13ClN2O/c1-14(2)7-11-13-9-5-8(6-12)3-4-10(9)15-11/h3-5H,6-7H2,1-2H3. The lowest BCUT2D eigenvalue weighted by Crippen LogP contribution is -2.10. The van der Waals surface area contributed by atoms with Crippen molar-refractivity contribution in [2.24, 2.45) is 0 Å². The molecule has 0 radical (unpaired) electrons. The first-order chi connectivity index (χ1) is 7.19. The lowest BCUT2D eigenvalue weighted by molar-refractivity contribution is 0.349. The molecule has 1 aromatic heterocycles. The van der Waals surface area contributed by atoms with Gasteiger partial charge in [-0.05, 0) is 31.8 Å². The second-order valence-corrected chi connectivity index (χ2v) is 4.05. The maximum Gasteiger partial charge on any atom is 0.209 e. The van der Waals surface area contributed by atoms with E-state index in [1.54, 1.807) is 0 Å². The molecule has 3 nitrogen and oxygen atoms in total. The zero-order valence-electron chi connectivity index (χ0n) is 8.83. The van der Waals surface area contributed by atoms with Crippen LogP contribution in [-0.4, -0.2) is 24.0 Å². The summed E-state index contributed by atoms with van der Waals surface area (Å²) >= 11 is 5.75. The highest BCUT2D eigenvalue weighted by Gasteiger charge is 2.06. The van der Waals surface area contributed by atoms with Crippen molar-refractivity contribution < 1.29 is 4.42 Å². The van der Waals surface area contributed by atoms with E-state index in [2.05, 4.69) is 4.98 Å².